The predicted octanol–water partition coefficient (Wildman–Crippen LogP) is 2.21. The van der Waals surface area contributed by atoms with Crippen LogP contribution in [0, 0.1) is 13.8 Å². The molecule has 1 N–H and O–H groups in total. The summed E-state index contributed by atoms with van der Waals surface area (Å²) in [6.45, 7) is 6.24. The van der Waals surface area contributed by atoms with E-state index in [1.54, 1.807) is 15.7 Å². The first-order chi connectivity index (χ1) is 12.0. The SMILES string of the molecule is Cc1cc(C)n([C@@H](C)C(=O)N[C@@H](Cn2cncn2)c2ccccc2)n1. The number of carbonyl (C=O) groups is 1. The smallest absolute Gasteiger partial charge is 0.245 e. The Morgan fingerprint density at radius 1 is 1.24 bits per heavy atom. The number of hydrogen-bond donors (Lipinski definition) is 1. The number of hydrogen-bond acceptors (Lipinski definition) is 4. The van der Waals surface area contributed by atoms with Crippen LogP contribution in [0.4, 0.5) is 0 Å². The summed E-state index contributed by atoms with van der Waals surface area (Å²) in [5.74, 6) is -0.0832. The first-order valence-electron chi connectivity index (χ1n) is 8.25. The minimum absolute atomic E-state index is 0.0832. The quantitative estimate of drug-likeness (QED) is 0.747. The Labute approximate surface area is 146 Å². The zero-order chi connectivity index (χ0) is 17.8. The van der Waals surface area contributed by atoms with Crippen LogP contribution in [0.3, 0.4) is 0 Å². The molecule has 0 bridgehead atoms. The van der Waals surface area contributed by atoms with Gasteiger partial charge in [-0.1, -0.05) is 30.3 Å². The number of nitrogens with zero attached hydrogens (tertiary/aromatic N) is 5. The van der Waals surface area contributed by atoms with Crippen molar-refractivity contribution in [1.82, 2.24) is 29.9 Å². The fourth-order valence-electron chi connectivity index (χ4n) is 2.88. The lowest BCUT2D eigenvalue weighted by molar-refractivity contribution is -0.125. The van der Waals surface area contributed by atoms with Crippen molar-refractivity contribution in [2.24, 2.45) is 0 Å². The summed E-state index contributed by atoms with van der Waals surface area (Å²) < 4.78 is 3.47. The van der Waals surface area contributed by atoms with Gasteiger partial charge in [0.2, 0.25) is 5.91 Å². The van der Waals surface area contributed by atoms with Crippen molar-refractivity contribution >= 4 is 5.91 Å². The molecule has 25 heavy (non-hydrogen) atoms. The second-order valence-electron chi connectivity index (χ2n) is 6.14. The van der Waals surface area contributed by atoms with E-state index >= 15 is 0 Å². The van der Waals surface area contributed by atoms with Crippen molar-refractivity contribution in [1.29, 1.82) is 0 Å². The molecule has 0 saturated heterocycles. The molecule has 0 aliphatic rings. The lowest BCUT2D eigenvalue weighted by atomic mass is 10.1. The van der Waals surface area contributed by atoms with Crippen LogP contribution in [0.2, 0.25) is 0 Å². The van der Waals surface area contributed by atoms with E-state index in [1.807, 2.05) is 57.2 Å². The molecule has 2 atom stereocenters. The van der Waals surface area contributed by atoms with Crippen molar-refractivity contribution in [3.63, 3.8) is 0 Å². The number of benzene rings is 1. The van der Waals surface area contributed by atoms with Crippen molar-refractivity contribution in [3.05, 3.63) is 66.0 Å². The third-order valence-corrected chi connectivity index (χ3v) is 4.15. The highest BCUT2D eigenvalue weighted by Gasteiger charge is 2.22. The van der Waals surface area contributed by atoms with Crippen LogP contribution in [0.5, 0.6) is 0 Å². The van der Waals surface area contributed by atoms with Crippen molar-refractivity contribution in [2.75, 3.05) is 0 Å². The fourth-order valence-corrected chi connectivity index (χ4v) is 2.88. The summed E-state index contributed by atoms with van der Waals surface area (Å²) in [5.41, 5.74) is 2.89. The van der Waals surface area contributed by atoms with Gasteiger partial charge in [0.05, 0.1) is 18.3 Å². The fraction of sp³-hybridized carbons (Fsp3) is 0.333. The van der Waals surface area contributed by atoms with Gasteiger partial charge >= 0.3 is 0 Å². The summed E-state index contributed by atoms with van der Waals surface area (Å²) in [6.07, 6.45) is 3.13. The molecular weight excluding hydrogens is 316 g/mol. The molecule has 0 saturated carbocycles. The van der Waals surface area contributed by atoms with Crippen molar-refractivity contribution < 1.29 is 4.79 Å². The molecule has 7 heteroatoms. The van der Waals surface area contributed by atoms with E-state index in [0.29, 0.717) is 6.54 Å². The Hall–Kier alpha value is -2.96. The minimum Gasteiger partial charge on any atom is -0.346 e. The molecule has 0 aliphatic carbocycles. The highest BCUT2D eigenvalue weighted by molar-refractivity contribution is 5.80. The summed E-state index contributed by atoms with van der Waals surface area (Å²) in [7, 11) is 0. The molecule has 0 spiro atoms. The van der Waals surface area contributed by atoms with E-state index < -0.39 is 6.04 Å². The normalized spacial score (nSPS) is 13.4. The second kappa shape index (κ2) is 7.29. The summed E-state index contributed by atoms with van der Waals surface area (Å²) in [6, 6.07) is 11.2. The first kappa shape index (κ1) is 16.9. The maximum absolute atomic E-state index is 12.8. The predicted molar refractivity (Wildman–Crippen MR) is 93.8 cm³/mol. The molecular formula is C18H22N6O. The van der Waals surface area contributed by atoms with Gasteiger partial charge in [0.1, 0.15) is 18.7 Å². The Morgan fingerprint density at radius 3 is 2.60 bits per heavy atom. The van der Waals surface area contributed by atoms with Gasteiger partial charge in [-0.25, -0.2) is 4.98 Å². The number of aryl methyl sites for hydroxylation is 2. The van der Waals surface area contributed by atoms with E-state index in [4.69, 9.17) is 0 Å². The average molecular weight is 338 g/mol. The van der Waals surface area contributed by atoms with Gasteiger partial charge in [0.15, 0.2) is 0 Å². The summed E-state index contributed by atoms with van der Waals surface area (Å²) in [5, 5.41) is 11.7. The van der Waals surface area contributed by atoms with Gasteiger partial charge in [-0.2, -0.15) is 10.2 Å². The lowest BCUT2D eigenvalue weighted by Gasteiger charge is -2.22. The topological polar surface area (TPSA) is 77.6 Å². The van der Waals surface area contributed by atoms with Crippen LogP contribution in [0.1, 0.15) is 36.0 Å². The molecule has 130 valence electrons. The van der Waals surface area contributed by atoms with E-state index in [-0.39, 0.29) is 11.9 Å². The van der Waals surface area contributed by atoms with Gasteiger partial charge < -0.3 is 5.32 Å². The average Bonchev–Trinajstić information content (AvgIpc) is 3.23. The molecule has 1 aromatic carbocycles. The minimum atomic E-state index is -0.393. The molecule has 3 aromatic rings. The number of amides is 1. The van der Waals surface area contributed by atoms with Gasteiger partial charge in [0.25, 0.3) is 0 Å². The summed E-state index contributed by atoms with van der Waals surface area (Å²) >= 11 is 0. The van der Waals surface area contributed by atoms with E-state index in [1.165, 1.54) is 6.33 Å². The molecule has 1 amide bonds. The Kier molecular flexibility index (Phi) is 4.92. The van der Waals surface area contributed by atoms with Gasteiger partial charge in [0, 0.05) is 5.69 Å². The zero-order valence-electron chi connectivity index (χ0n) is 14.6. The molecule has 0 radical (unpaired) electrons. The van der Waals surface area contributed by atoms with Crippen molar-refractivity contribution in [3.8, 4) is 0 Å². The number of nitrogens with one attached hydrogen (secondary N) is 1. The van der Waals surface area contributed by atoms with Gasteiger partial charge in [-0.3, -0.25) is 14.2 Å². The highest BCUT2D eigenvalue weighted by atomic mass is 16.2. The molecule has 3 rings (SSSR count). The molecule has 7 nitrogen and oxygen atoms in total. The Bertz CT molecular complexity index is 825. The van der Waals surface area contributed by atoms with Crippen LogP contribution in [0.15, 0.2) is 49.1 Å². The largest absolute Gasteiger partial charge is 0.346 e. The number of carbonyl (C=O) groups excluding carboxylic acids is 1. The molecule has 2 aromatic heterocycles. The molecule has 0 fully saturated rings. The van der Waals surface area contributed by atoms with Crippen LogP contribution >= 0.6 is 0 Å². The van der Waals surface area contributed by atoms with Crippen LogP contribution in [-0.2, 0) is 11.3 Å². The van der Waals surface area contributed by atoms with Gasteiger partial charge in [-0.15, -0.1) is 0 Å². The Morgan fingerprint density at radius 2 is 2.00 bits per heavy atom. The number of rotatable bonds is 6. The second-order valence-corrected chi connectivity index (χ2v) is 6.14. The first-order valence-corrected chi connectivity index (χ1v) is 8.25. The van der Waals surface area contributed by atoms with Gasteiger partial charge in [-0.05, 0) is 32.4 Å². The van der Waals surface area contributed by atoms with Crippen LogP contribution < -0.4 is 5.32 Å². The third-order valence-electron chi connectivity index (χ3n) is 4.15. The van der Waals surface area contributed by atoms with Crippen molar-refractivity contribution in [2.45, 2.75) is 39.4 Å². The van der Waals surface area contributed by atoms with Crippen LogP contribution in [0.25, 0.3) is 0 Å². The molecule has 2 heterocycles. The molecule has 0 unspecified atom stereocenters. The zero-order valence-corrected chi connectivity index (χ0v) is 14.6. The number of aromatic nitrogens is 5. The molecule has 0 aliphatic heterocycles. The lowest BCUT2D eigenvalue weighted by Crippen LogP contribution is -2.36. The van der Waals surface area contributed by atoms with E-state index in [0.717, 1.165) is 17.0 Å². The standard InChI is InChI=1S/C18H22N6O/c1-13-9-14(2)24(22-13)15(3)18(25)21-17(10-23-12-19-11-20-23)16-7-5-4-6-8-16/h4-9,11-12,15,17H,10H2,1-3H3,(H,21,25)/t15-,17-/m0/s1. The maximum Gasteiger partial charge on any atom is 0.245 e. The van der Waals surface area contributed by atoms with E-state index in [2.05, 4.69) is 20.5 Å². The van der Waals surface area contributed by atoms with E-state index in [9.17, 15) is 4.79 Å². The monoisotopic (exact) mass is 338 g/mol. The Balaban J connectivity index is 1.79. The summed E-state index contributed by atoms with van der Waals surface area (Å²) in [4.78, 5) is 16.8. The van der Waals surface area contributed by atoms with Crippen LogP contribution in [-0.4, -0.2) is 30.5 Å². The maximum atomic E-state index is 12.8. The third kappa shape index (κ3) is 3.93. The highest BCUT2D eigenvalue weighted by Crippen LogP contribution is 2.17.